The number of hydrogen-bond donors (Lipinski definition) is 2. The number of aromatic nitrogens is 2. The van der Waals surface area contributed by atoms with Crippen molar-refractivity contribution in [1.82, 2.24) is 14.7 Å². The van der Waals surface area contributed by atoms with Gasteiger partial charge in [-0.3, -0.25) is 0 Å². The molecule has 1 saturated carbocycles. The molecule has 0 radical (unpaired) electrons. The second kappa shape index (κ2) is 2.56. The second-order valence-electron chi connectivity index (χ2n) is 2.81. The van der Waals surface area contributed by atoms with E-state index in [9.17, 15) is 8.42 Å². The lowest BCUT2D eigenvalue weighted by atomic mass is 10.8. The predicted molar refractivity (Wildman–Crippen MR) is 41.9 cm³/mol. The van der Waals surface area contributed by atoms with E-state index in [1.165, 1.54) is 12.5 Å². The first-order valence-electron chi connectivity index (χ1n) is 3.69. The number of sulfonamides is 1. The van der Waals surface area contributed by atoms with Crippen LogP contribution < -0.4 is 4.72 Å². The van der Waals surface area contributed by atoms with Crippen LogP contribution in [0.2, 0.25) is 0 Å². The van der Waals surface area contributed by atoms with Crippen molar-refractivity contribution in [1.29, 1.82) is 0 Å². The van der Waals surface area contributed by atoms with E-state index in [4.69, 9.17) is 0 Å². The van der Waals surface area contributed by atoms with Crippen LogP contribution in [0, 0.1) is 0 Å². The Hall–Kier alpha value is -0.880. The summed E-state index contributed by atoms with van der Waals surface area (Å²) in [5, 5.41) is 0.134. The molecule has 2 N–H and O–H groups in total. The molecule has 12 heavy (non-hydrogen) atoms. The molecule has 0 saturated heterocycles. The van der Waals surface area contributed by atoms with E-state index in [1.807, 2.05) is 0 Å². The monoisotopic (exact) mass is 187 g/mol. The van der Waals surface area contributed by atoms with Crippen LogP contribution in [-0.4, -0.2) is 24.4 Å². The summed E-state index contributed by atoms with van der Waals surface area (Å²) in [6.07, 6.45) is 4.52. The van der Waals surface area contributed by atoms with Gasteiger partial charge in [0.15, 0.2) is 5.03 Å². The first-order chi connectivity index (χ1) is 5.68. The first kappa shape index (κ1) is 7.75. The molecule has 1 aromatic heterocycles. The molecule has 1 heterocycles. The standard InChI is InChI=1S/C6H9N3O2S/c10-12(11,9-5-1-2-5)6-3-7-4-8-6/h3-5,9H,1-2H2,(H,7,8). The molecule has 0 atom stereocenters. The van der Waals surface area contributed by atoms with Gasteiger partial charge in [-0.05, 0) is 12.8 Å². The molecule has 1 aromatic rings. The highest BCUT2D eigenvalue weighted by Gasteiger charge is 2.28. The topological polar surface area (TPSA) is 74.8 Å². The molecule has 5 nitrogen and oxygen atoms in total. The lowest BCUT2D eigenvalue weighted by Gasteiger charge is -2.00. The summed E-state index contributed by atoms with van der Waals surface area (Å²) in [5.41, 5.74) is 0. The van der Waals surface area contributed by atoms with E-state index in [0.717, 1.165) is 12.8 Å². The van der Waals surface area contributed by atoms with Crippen molar-refractivity contribution < 1.29 is 8.42 Å². The zero-order valence-corrected chi connectivity index (χ0v) is 7.13. The van der Waals surface area contributed by atoms with Crippen LogP contribution >= 0.6 is 0 Å². The molecule has 1 fully saturated rings. The molecule has 66 valence electrons. The van der Waals surface area contributed by atoms with Crippen molar-refractivity contribution in [2.75, 3.05) is 0 Å². The summed E-state index contributed by atoms with van der Waals surface area (Å²) in [5.74, 6) is 0. The predicted octanol–water partition coefficient (Wildman–Crippen LogP) is -0.150. The van der Waals surface area contributed by atoms with Crippen molar-refractivity contribution in [3.63, 3.8) is 0 Å². The molecule has 2 rings (SSSR count). The summed E-state index contributed by atoms with van der Waals surface area (Å²) < 4.78 is 25.3. The second-order valence-corrected chi connectivity index (χ2v) is 4.49. The summed E-state index contributed by atoms with van der Waals surface area (Å²) in [7, 11) is -3.32. The SMILES string of the molecule is O=S(=O)(NC1CC1)c1cnc[nH]1. The van der Waals surface area contributed by atoms with Crippen LogP contribution in [0.3, 0.4) is 0 Å². The van der Waals surface area contributed by atoms with E-state index in [1.54, 1.807) is 0 Å². The van der Waals surface area contributed by atoms with Crippen molar-refractivity contribution in [3.8, 4) is 0 Å². The molecule has 0 spiro atoms. The lowest BCUT2D eigenvalue weighted by Crippen LogP contribution is -2.25. The molecule has 0 amide bonds. The number of rotatable bonds is 3. The van der Waals surface area contributed by atoms with Crippen LogP contribution in [0.25, 0.3) is 0 Å². The molecule has 0 aliphatic heterocycles. The Morgan fingerprint density at radius 2 is 2.33 bits per heavy atom. The van der Waals surface area contributed by atoms with E-state index < -0.39 is 10.0 Å². The van der Waals surface area contributed by atoms with Crippen LogP contribution in [0.1, 0.15) is 12.8 Å². The summed E-state index contributed by atoms with van der Waals surface area (Å²) in [6.45, 7) is 0. The third-order valence-electron chi connectivity index (χ3n) is 1.66. The molecule has 1 aliphatic carbocycles. The molecule has 0 unspecified atom stereocenters. The maximum Gasteiger partial charge on any atom is 0.257 e. The summed E-state index contributed by atoms with van der Waals surface area (Å²) in [6, 6.07) is 0.137. The summed E-state index contributed by atoms with van der Waals surface area (Å²) in [4.78, 5) is 6.19. The first-order valence-corrected chi connectivity index (χ1v) is 5.17. The number of nitrogens with zero attached hydrogens (tertiary/aromatic N) is 1. The van der Waals surface area contributed by atoms with Gasteiger partial charge in [0.1, 0.15) is 0 Å². The minimum atomic E-state index is -3.32. The van der Waals surface area contributed by atoms with Gasteiger partial charge in [0.25, 0.3) is 10.0 Å². The van der Waals surface area contributed by atoms with E-state index in [-0.39, 0.29) is 11.1 Å². The van der Waals surface area contributed by atoms with Crippen LogP contribution in [0.5, 0.6) is 0 Å². The van der Waals surface area contributed by atoms with Gasteiger partial charge in [-0.25, -0.2) is 18.1 Å². The Morgan fingerprint density at radius 1 is 1.58 bits per heavy atom. The van der Waals surface area contributed by atoms with Gasteiger partial charge in [0, 0.05) is 6.04 Å². The van der Waals surface area contributed by atoms with E-state index >= 15 is 0 Å². The van der Waals surface area contributed by atoms with Gasteiger partial charge >= 0.3 is 0 Å². The molecule has 6 heteroatoms. The average Bonchev–Trinajstić information content (AvgIpc) is 2.67. The Bertz CT molecular complexity index is 352. The van der Waals surface area contributed by atoms with Crippen molar-refractivity contribution in [2.24, 2.45) is 0 Å². The highest BCUT2D eigenvalue weighted by Crippen LogP contribution is 2.21. The smallest absolute Gasteiger partial charge is 0.257 e. The van der Waals surface area contributed by atoms with Crippen LogP contribution in [0.4, 0.5) is 0 Å². The van der Waals surface area contributed by atoms with E-state index in [0.29, 0.717) is 0 Å². The van der Waals surface area contributed by atoms with Gasteiger partial charge in [0.05, 0.1) is 12.5 Å². The fraction of sp³-hybridized carbons (Fsp3) is 0.500. The zero-order chi connectivity index (χ0) is 8.60. The maximum absolute atomic E-state index is 11.4. The van der Waals surface area contributed by atoms with Gasteiger partial charge in [-0.2, -0.15) is 0 Å². The molecule has 1 aliphatic rings. The Balaban J connectivity index is 2.20. The lowest BCUT2D eigenvalue weighted by molar-refractivity contribution is 0.578. The normalized spacial score (nSPS) is 18.0. The van der Waals surface area contributed by atoms with Crippen molar-refractivity contribution in [2.45, 2.75) is 23.9 Å². The quantitative estimate of drug-likeness (QED) is 0.691. The molecular weight excluding hydrogens is 178 g/mol. The number of nitrogens with one attached hydrogen (secondary N) is 2. The van der Waals surface area contributed by atoms with Crippen molar-refractivity contribution in [3.05, 3.63) is 12.5 Å². The Kier molecular flexibility index (Phi) is 1.66. The maximum atomic E-state index is 11.4. The molecule has 0 bridgehead atoms. The highest BCUT2D eigenvalue weighted by molar-refractivity contribution is 7.89. The van der Waals surface area contributed by atoms with Crippen LogP contribution in [0.15, 0.2) is 17.6 Å². The number of H-pyrrole nitrogens is 1. The average molecular weight is 187 g/mol. The van der Waals surface area contributed by atoms with Crippen molar-refractivity contribution >= 4 is 10.0 Å². The van der Waals surface area contributed by atoms with Crippen LogP contribution in [-0.2, 0) is 10.0 Å². The Labute approximate surface area is 70.3 Å². The third kappa shape index (κ3) is 1.49. The van der Waals surface area contributed by atoms with Gasteiger partial charge in [0.2, 0.25) is 0 Å². The van der Waals surface area contributed by atoms with Gasteiger partial charge in [-0.15, -0.1) is 0 Å². The molecular formula is C6H9N3O2S. The minimum absolute atomic E-state index is 0.134. The van der Waals surface area contributed by atoms with Gasteiger partial charge in [-0.1, -0.05) is 0 Å². The zero-order valence-electron chi connectivity index (χ0n) is 6.32. The Morgan fingerprint density at radius 3 is 2.83 bits per heavy atom. The fourth-order valence-electron chi connectivity index (χ4n) is 0.874. The van der Waals surface area contributed by atoms with E-state index in [2.05, 4.69) is 14.7 Å². The highest BCUT2D eigenvalue weighted by atomic mass is 32.2. The largest absolute Gasteiger partial charge is 0.335 e. The molecule has 0 aromatic carbocycles. The minimum Gasteiger partial charge on any atom is -0.335 e. The summed E-state index contributed by atoms with van der Waals surface area (Å²) >= 11 is 0. The van der Waals surface area contributed by atoms with Gasteiger partial charge < -0.3 is 4.98 Å². The fourth-order valence-corrected chi connectivity index (χ4v) is 2.08. The number of hydrogen-bond acceptors (Lipinski definition) is 3. The number of aromatic amines is 1. The third-order valence-corrected chi connectivity index (χ3v) is 3.11. The number of imidazole rings is 1.